The predicted octanol–water partition coefficient (Wildman–Crippen LogP) is 4.53. The molecule has 0 saturated heterocycles. The molecule has 1 aromatic heterocycles. The molecule has 4 rings (SSSR count). The van der Waals surface area contributed by atoms with E-state index in [1.165, 1.54) is 47.2 Å². The number of sulfone groups is 1. The van der Waals surface area contributed by atoms with Gasteiger partial charge < -0.3 is 9.88 Å². The highest BCUT2D eigenvalue weighted by Gasteiger charge is 2.22. The summed E-state index contributed by atoms with van der Waals surface area (Å²) in [6, 6.07) is 17.8. The Morgan fingerprint density at radius 2 is 1.61 bits per heavy atom. The van der Waals surface area contributed by atoms with Gasteiger partial charge in [-0.25, -0.2) is 17.2 Å². The van der Waals surface area contributed by atoms with Crippen molar-refractivity contribution in [2.45, 2.75) is 17.2 Å². The Morgan fingerprint density at radius 1 is 0.903 bits per heavy atom. The van der Waals surface area contributed by atoms with Crippen molar-refractivity contribution in [3.8, 4) is 0 Å². The van der Waals surface area contributed by atoms with Crippen LogP contribution in [-0.4, -0.2) is 18.9 Å². The number of nitrogens with one attached hydrogen (secondary N) is 1. The van der Waals surface area contributed by atoms with Gasteiger partial charge in [-0.15, -0.1) is 0 Å². The molecule has 158 valence electrons. The monoisotopic (exact) mass is 440 g/mol. The van der Waals surface area contributed by atoms with Gasteiger partial charge in [0.15, 0.2) is 9.84 Å². The van der Waals surface area contributed by atoms with Crippen LogP contribution in [0.4, 0.5) is 14.5 Å². The molecular formula is C23H18F2N2O3S. The summed E-state index contributed by atoms with van der Waals surface area (Å²) in [4.78, 5) is 12.5. The van der Waals surface area contributed by atoms with Gasteiger partial charge in [0, 0.05) is 22.8 Å². The standard InChI is InChI=1S/C23H18F2N2O3S/c24-17-6-3-5-16(11-17)15-31(29,30)22-13-27(21-10-2-1-9-20(21)22)14-23(28)26-19-8-4-7-18(25)12-19/h1-13H,14-15H2,(H,26,28). The van der Waals surface area contributed by atoms with E-state index in [-0.39, 0.29) is 17.2 Å². The fraction of sp³-hybridized carbons (Fsp3) is 0.0870. The maximum Gasteiger partial charge on any atom is 0.244 e. The summed E-state index contributed by atoms with van der Waals surface area (Å²) in [5.41, 5.74) is 1.20. The number of hydrogen-bond acceptors (Lipinski definition) is 3. The Labute approximate surface area is 177 Å². The van der Waals surface area contributed by atoms with E-state index in [4.69, 9.17) is 0 Å². The lowest BCUT2D eigenvalue weighted by Crippen LogP contribution is -2.18. The molecule has 0 fully saturated rings. The first-order valence-electron chi connectivity index (χ1n) is 9.42. The smallest absolute Gasteiger partial charge is 0.244 e. The van der Waals surface area contributed by atoms with Gasteiger partial charge in [0.2, 0.25) is 5.91 Å². The van der Waals surface area contributed by atoms with Crippen molar-refractivity contribution in [1.82, 2.24) is 4.57 Å². The van der Waals surface area contributed by atoms with Crippen molar-refractivity contribution in [2.75, 3.05) is 5.32 Å². The van der Waals surface area contributed by atoms with Gasteiger partial charge in [0.25, 0.3) is 0 Å². The number of nitrogens with zero attached hydrogens (tertiary/aromatic N) is 1. The van der Waals surface area contributed by atoms with E-state index in [1.54, 1.807) is 36.4 Å². The van der Waals surface area contributed by atoms with Gasteiger partial charge in [-0.2, -0.15) is 0 Å². The number of para-hydroxylation sites is 1. The Kier molecular flexibility index (Phi) is 5.56. The second-order valence-corrected chi connectivity index (χ2v) is 9.04. The average Bonchev–Trinajstić information content (AvgIpc) is 3.07. The summed E-state index contributed by atoms with van der Waals surface area (Å²) in [6.45, 7) is -0.160. The third-order valence-corrected chi connectivity index (χ3v) is 6.46. The molecule has 0 bridgehead atoms. The Balaban J connectivity index is 1.65. The molecule has 1 amide bonds. The van der Waals surface area contributed by atoms with E-state index in [0.717, 1.165) is 0 Å². The van der Waals surface area contributed by atoms with Crippen molar-refractivity contribution in [3.63, 3.8) is 0 Å². The number of hydrogen-bond donors (Lipinski definition) is 1. The summed E-state index contributed by atoms with van der Waals surface area (Å²) in [5.74, 6) is -1.78. The van der Waals surface area contributed by atoms with Crippen molar-refractivity contribution in [3.05, 3.63) is 96.2 Å². The Hall–Kier alpha value is -3.52. The number of carbonyl (C=O) groups is 1. The molecule has 0 aliphatic rings. The highest BCUT2D eigenvalue weighted by atomic mass is 32.2. The van der Waals surface area contributed by atoms with E-state index in [0.29, 0.717) is 22.2 Å². The Bertz CT molecular complexity index is 1380. The second kappa shape index (κ2) is 8.31. The van der Waals surface area contributed by atoms with Crippen LogP contribution in [0.1, 0.15) is 5.56 Å². The normalized spacial score (nSPS) is 11.5. The quantitative estimate of drug-likeness (QED) is 0.479. The van der Waals surface area contributed by atoms with Crippen LogP contribution in [0.15, 0.2) is 83.9 Å². The van der Waals surface area contributed by atoms with E-state index in [1.807, 2.05) is 0 Å². The van der Waals surface area contributed by atoms with Crippen molar-refractivity contribution >= 4 is 32.3 Å². The maximum absolute atomic E-state index is 13.5. The van der Waals surface area contributed by atoms with Gasteiger partial charge in [-0.05, 0) is 42.0 Å². The molecule has 31 heavy (non-hydrogen) atoms. The number of benzene rings is 3. The lowest BCUT2D eigenvalue weighted by molar-refractivity contribution is -0.116. The Morgan fingerprint density at radius 3 is 2.35 bits per heavy atom. The lowest BCUT2D eigenvalue weighted by atomic mass is 10.2. The summed E-state index contributed by atoms with van der Waals surface area (Å²) in [7, 11) is -3.80. The minimum absolute atomic E-state index is 0.0610. The van der Waals surface area contributed by atoms with Crippen molar-refractivity contribution in [1.29, 1.82) is 0 Å². The molecule has 8 heteroatoms. The van der Waals surface area contributed by atoms with Crippen molar-refractivity contribution in [2.24, 2.45) is 0 Å². The summed E-state index contributed by atoms with van der Waals surface area (Å²) in [6.07, 6.45) is 1.41. The van der Waals surface area contributed by atoms with E-state index in [9.17, 15) is 22.0 Å². The van der Waals surface area contributed by atoms with Crippen LogP contribution in [0.25, 0.3) is 10.9 Å². The fourth-order valence-electron chi connectivity index (χ4n) is 3.44. The molecule has 0 spiro atoms. The molecule has 0 atom stereocenters. The fourth-order valence-corrected chi connectivity index (χ4v) is 5.01. The number of fused-ring (bicyclic) bond motifs is 1. The lowest BCUT2D eigenvalue weighted by Gasteiger charge is -2.07. The van der Waals surface area contributed by atoms with E-state index >= 15 is 0 Å². The number of rotatable bonds is 6. The van der Waals surface area contributed by atoms with E-state index < -0.39 is 27.4 Å². The number of carbonyl (C=O) groups excluding carboxylic acids is 1. The zero-order valence-electron chi connectivity index (χ0n) is 16.3. The first-order valence-corrected chi connectivity index (χ1v) is 11.1. The third-order valence-electron chi connectivity index (χ3n) is 4.76. The molecule has 0 unspecified atom stereocenters. The average molecular weight is 440 g/mol. The first-order chi connectivity index (χ1) is 14.8. The first kappa shape index (κ1) is 20.7. The molecule has 0 aliphatic carbocycles. The molecule has 0 aliphatic heterocycles. The molecule has 1 heterocycles. The predicted molar refractivity (Wildman–Crippen MR) is 114 cm³/mol. The van der Waals surface area contributed by atoms with E-state index in [2.05, 4.69) is 5.32 Å². The molecule has 3 aromatic carbocycles. The SMILES string of the molecule is O=C(Cn1cc(S(=O)(=O)Cc2cccc(F)c2)c2ccccc21)Nc1cccc(F)c1. The number of halogens is 2. The van der Waals surface area contributed by atoms with Gasteiger partial charge in [-0.1, -0.05) is 36.4 Å². The largest absolute Gasteiger partial charge is 0.337 e. The van der Waals surface area contributed by atoms with Gasteiger partial charge in [0.1, 0.15) is 18.2 Å². The molecule has 1 N–H and O–H groups in total. The number of amides is 1. The number of anilines is 1. The van der Waals surface area contributed by atoms with Gasteiger partial charge in [-0.3, -0.25) is 4.79 Å². The summed E-state index contributed by atoms with van der Waals surface area (Å²) >= 11 is 0. The van der Waals surface area contributed by atoms with Crippen LogP contribution in [0.3, 0.4) is 0 Å². The highest BCUT2D eigenvalue weighted by Crippen LogP contribution is 2.28. The molecule has 5 nitrogen and oxygen atoms in total. The molecule has 0 saturated carbocycles. The third kappa shape index (κ3) is 4.64. The summed E-state index contributed by atoms with van der Waals surface area (Å²) < 4.78 is 54.5. The summed E-state index contributed by atoms with van der Waals surface area (Å²) in [5, 5.41) is 3.07. The number of aromatic nitrogens is 1. The van der Waals surface area contributed by atoms with Crippen LogP contribution in [0, 0.1) is 11.6 Å². The van der Waals surface area contributed by atoms with Gasteiger partial charge in [0.05, 0.1) is 10.6 Å². The zero-order valence-corrected chi connectivity index (χ0v) is 17.1. The topological polar surface area (TPSA) is 68.2 Å². The van der Waals surface area contributed by atoms with Crippen molar-refractivity contribution < 1.29 is 22.0 Å². The minimum atomic E-state index is -3.80. The van der Waals surface area contributed by atoms with Gasteiger partial charge >= 0.3 is 0 Å². The van der Waals surface area contributed by atoms with Crippen LogP contribution >= 0.6 is 0 Å². The maximum atomic E-state index is 13.5. The highest BCUT2D eigenvalue weighted by molar-refractivity contribution is 7.90. The van der Waals surface area contributed by atoms with Crippen LogP contribution in [0.2, 0.25) is 0 Å². The molecule has 4 aromatic rings. The van der Waals surface area contributed by atoms with Crippen LogP contribution < -0.4 is 5.32 Å². The minimum Gasteiger partial charge on any atom is -0.337 e. The zero-order chi connectivity index (χ0) is 22.0. The second-order valence-electron chi connectivity index (χ2n) is 7.09. The van der Waals surface area contributed by atoms with Crippen LogP contribution in [-0.2, 0) is 26.9 Å². The molecule has 0 radical (unpaired) electrons. The molecular weight excluding hydrogens is 422 g/mol. The van der Waals surface area contributed by atoms with Crippen LogP contribution in [0.5, 0.6) is 0 Å².